The fraction of sp³-hybridized carbons (Fsp3) is 0.667. The van der Waals surface area contributed by atoms with E-state index in [1.54, 1.807) is 0 Å². The second-order valence-electron chi connectivity index (χ2n) is 4.45. The number of thiophene rings is 1. The van der Waals surface area contributed by atoms with E-state index in [0.29, 0.717) is 12.5 Å². The highest BCUT2D eigenvalue weighted by molar-refractivity contribution is 7.10. The van der Waals surface area contributed by atoms with Crippen LogP contribution in [0.1, 0.15) is 23.3 Å². The third-order valence-electron chi connectivity index (χ3n) is 3.20. The van der Waals surface area contributed by atoms with E-state index in [4.69, 9.17) is 5.11 Å². The lowest BCUT2D eigenvalue weighted by Crippen LogP contribution is -2.36. The van der Waals surface area contributed by atoms with Gasteiger partial charge in [-0.3, -0.25) is 4.90 Å². The smallest absolute Gasteiger partial charge is 0.0471 e. The number of hydrogen-bond donors (Lipinski definition) is 1. The Labute approximate surface area is 95.5 Å². The van der Waals surface area contributed by atoms with Crippen molar-refractivity contribution in [3.05, 3.63) is 21.9 Å². The van der Waals surface area contributed by atoms with Gasteiger partial charge in [-0.15, -0.1) is 11.3 Å². The van der Waals surface area contributed by atoms with Crippen molar-refractivity contribution in [2.75, 3.05) is 19.7 Å². The molecule has 0 radical (unpaired) electrons. The zero-order valence-electron chi connectivity index (χ0n) is 9.28. The maximum atomic E-state index is 9.17. The van der Waals surface area contributed by atoms with Gasteiger partial charge in [0, 0.05) is 24.6 Å². The Morgan fingerprint density at radius 3 is 3.13 bits per heavy atom. The van der Waals surface area contributed by atoms with Gasteiger partial charge in [-0.25, -0.2) is 0 Å². The summed E-state index contributed by atoms with van der Waals surface area (Å²) in [6, 6.07) is 2.19. The zero-order valence-corrected chi connectivity index (χ0v) is 10.1. The summed E-state index contributed by atoms with van der Waals surface area (Å²) in [4.78, 5) is 3.96. The van der Waals surface area contributed by atoms with Crippen LogP contribution in [-0.4, -0.2) is 29.7 Å². The van der Waals surface area contributed by atoms with Gasteiger partial charge in [-0.1, -0.05) is 0 Å². The minimum atomic E-state index is 0.347. The Bertz CT molecular complexity index is 310. The van der Waals surface area contributed by atoms with Gasteiger partial charge in [-0.2, -0.15) is 0 Å². The average molecular weight is 225 g/mol. The summed E-state index contributed by atoms with van der Waals surface area (Å²) in [5.41, 5.74) is 1.41. The molecule has 2 nitrogen and oxygen atoms in total. The molecular formula is C12H19NOS. The molecular weight excluding hydrogens is 206 g/mol. The molecule has 1 aliphatic heterocycles. The number of piperidine rings is 1. The Hall–Kier alpha value is -0.380. The van der Waals surface area contributed by atoms with Crippen LogP contribution >= 0.6 is 11.3 Å². The van der Waals surface area contributed by atoms with Crippen molar-refractivity contribution in [2.24, 2.45) is 5.92 Å². The van der Waals surface area contributed by atoms with E-state index in [-0.39, 0.29) is 0 Å². The minimum absolute atomic E-state index is 0.347. The highest BCUT2D eigenvalue weighted by atomic mass is 32.1. The second kappa shape index (κ2) is 5.10. The van der Waals surface area contributed by atoms with Crippen LogP contribution in [-0.2, 0) is 6.54 Å². The summed E-state index contributed by atoms with van der Waals surface area (Å²) in [6.45, 7) is 5.85. The lowest BCUT2D eigenvalue weighted by Gasteiger charge is -2.31. The number of aliphatic hydroxyl groups excluding tert-OH is 1. The summed E-state index contributed by atoms with van der Waals surface area (Å²) in [7, 11) is 0. The number of nitrogens with zero attached hydrogens (tertiary/aromatic N) is 1. The van der Waals surface area contributed by atoms with Gasteiger partial charge < -0.3 is 5.11 Å². The molecule has 2 rings (SSSR count). The molecule has 15 heavy (non-hydrogen) atoms. The third-order valence-corrected chi connectivity index (χ3v) is 4.20. The van der Waals surface area contributed by atoms with Crippen LogP contribution in [0, 0.1) is 12.8 Å². The molecule has 0 amide bonds. The van der Waals surface area contributed by atoms with E-state index in [0.717, 1.165) is 13.1 Å². The summed E-state index contributed by atoms with van der Waals surface area (Å²) >= 11 is 1.85. The van der Waals surface area contributed by atoms with Crippen molar-refractivity contribution in [3.8, 4) is 0 Å². The Kier molecular flexibility index (Phi) is 3.78. The van der Waals surface area contributed by atoms with Crippen molar-refractivity contribution in [1.82, 2.24) is 4.90 Å². The predicted molar refractivity (Wildman–Crippen MR) is 64.1 cm³/mol. The molecule has 84 valence electrons. The quantitative estimate of drug-likeness (QED) is 0.853. The molecule has 0 saturated carbocycles. The molecule has 1 aromatic rings. The van der Waals surface area contributed by atoms with Gasteiger partial charge in [0.25, 0.3) is 0 Å². The number of aryl methyl sites for hydroxylation is 1. The van der Waals surface area contributed by atoms with Gasteiger partial charge in [-0.05, 0) is 49.2 Å². The monoisotopic (exact) mass is 225 g/mol. The normalized spacial score (nSPS) is 23.2. The highest BCUT2D eigenvalue weighted by Crippen LogP contribution is 2.22. The van der Waals surface area contributed by atoms with Crippen LogP contribution in [0.15, 0.2) is 11.4 Å². The maximum Gasteiger partial charge on any atom is 0.0471 e. The molecule has 0 bridgehead atoms. The Morgan fingerprint density at radius 2 is 2.47 bits per heavy atom. The fourth-order valence-corrected chi connectivity index (χ4v) is 3.16. The number of hydrogen-bond acceptors (Lipinski definition) is 3. The van der Waals surface area contributed by atoms with Crippen molar-refractivity contribution >= 4 is 11.3 Å². The Morgan fingerprint density at radius 1 is 1.60 bits per heavy atom. The van der Waals surface area contributed by atoms with Gasteiger partial charge in [0.1, 0.15) is 0 Å². The summed E-state index contributed by atoms with van der Waals surface area (Å²) in [5, 5.41) is 11.3. The predicted octanol–water partition coefficient (Wildman–Crippen LogP) is 2.26. The lowest BCUT2D eigenvalue weighted by molar-refractivity contribution is 0.116. The van der Waals surface area contributed by atoms with Crippen LogP contribution in [0.3, 0.4) is 0 Å². The van der Waals surface area contributed by atoms with Crippen LogP contribution in [0.4, 0.5) is 0 Å². The van der Waals surface area contributed by atoms with E-state index in [9.17, 15) is 0 Å². The largest absolute Gasteiger partial charge is 0.396 e. The van der Waals surface area contributed by atoms with Crippen molar-refractivity contribution < 1.29 is 5.11 Å². The first kappa shape index (κ1) is 11.1. The van der Waals surface area contributed by atoms with Gasteiger partial charge >= 0.3 is 0 Å². The van der Waals surface area contributed by atoms with Crippen LogP contribution in [0.25, 0.3) is 0 Å². The summed E-state index contributed by atoms with van der Waals surface area (Å²) in [5.74, 6) is 0.499. The van der Waals surface area contributed by atoms with Crippen molar-refractivity contribution in [3.63, 3.8) is 0 Å². The molecule has 0 aromatic carbocycles. The molecule has 0 aliphatic carbocycles. The topological polar surface area (TPSA) is 23.5 Å². The fourth-order valence-electron chi connectivity index (χ4n) is 2.21. The maximum absolute atomic E-state index is 9.17. The molecule has 1 saturated heterocycles. The van der Waals surface area contributed by atoms with E-state index in [1.807, 2.05) is 11.3 Å². The molecule has 1 fully saturated rings. The van der Waals surface area contributed by atoms with E-state index in [1.165, 1.54) is 29.8 Å². The zero-order chi connectivity index (χ0) is 10.7. The number of aliphatic hydroxyl groups is 1. The first-order valence-corrected chi connectivity index (χ1v) is 6.53. The minimum Gasteiger partial charge on any atom is -0.396 e. The lowest BCUT2D eigenvalue weighted by atomic mass is 9.99. The molecule has 0 spiro atoms. The van der Waals surface area contributed by atoms with Crippen molar-refractivity contribution in [2.45, 2.75) is 26.3 Å². The second-order valence-corrected chi connectivity index (χ2v) is 5.45. The van der Waals surface area contributed by atoms with Gasteiger partial charge in [0.15, 0.2) is 0 Å². The first-order chi connectivity index (χ1) is 7.29. The standard InChI is InChI=1S/C12H19NOS/c1-10-4-6-15-12(10)8-13-5-2-3-11(7-13)9-14/h4,6,11,14H,2-3,5,7-9H2,1H3/t11-/m1/s1. The number of likely N-dealkylation sites (tertiary alicyclic amines) is 1. The first-order valence-electron chi connectivity index (χ1n) is 5.66. The molecule has 1 atom stereocenters. The third kappa shape index (κ3) is 2.80. The Balaban J connectivity index is 1.92. The molecule has 1 N–H and O–H groups in total. The average Bonchev–Trinajstić information content (AvgIpc) is 2.65. The molecule has 1 aliphatic rings. The van der Waals surface area contributed by atoms with E-state index >= 15 is 0 Å². The van der Waals surface area contributed by atoms with Gasteiger partial charge in [0.2, 0.25) is 0 Å². The molecule has 1 aromatic heterocycles. The van der Waals surface area contributed by atoms with Crippen LogP contribution in [0.5, 0.6) is 0 Å². The van der Waals surface area contributed by atoms with E-state index in [2.05, 4.69) is 23.3 Å². The van der Waals surface area contributed by atoms with Gasteiger partial charge in [0.05, 0.1) is 0 Å². The molecule has 0 unspecified atom stereocenters. The number of rotatable bonds is 3. The van der Waals surface area contributed by atoms with E-state index < -0.39 is 0 Å². The highest BCUT2D eigenvalue weighted by Gasteiger charge is 2.19. The summed E-state index contributed by atoms with van der Waals surface area (Å²) in [6.07, 6.45) is 2.42. The SMILES string of the molecule is Cc1ccsc1CN1CCC[C@@H](CO)C1. The molecule has 3 heteroatoms. The van der Waals surface area contributed by atoms with Crippen LogP contribution in [0.2, 0.25) is 0 Å². The van der Waals surface area contributed by atoms with Crippen molar-refractivity contribution in [1.29, 1.82) is 0 Å². The molecule has 2 heterocycles. The van der Waals surface area contributed by atoms with Crippen LogP contribution < -0.4 is 0 Å². The summed E-state index contributed by atoms with van der Waals surface area (Å²) < 4.78 is 0.